The van der Waals surface area contributed by atoms with Gasteiger partial charge in [-0.25, -0.2) is 0 Å². The van der Waals surface area contributed by atoms with Gasteiger partial charge >= 0.3 is 0 Å². The highest BCUT2D eigenvalue weighted by atomic mass is 16.5. The van der Waals surface area contributed by atoms with Gasteiger partial charge in [-0.05, 0) is 56.5 Å². The molecule has 0 fully saturated rings. The summed E-state index contributed by atoms with van der Waals surface area (Å²) in [6.07, 6.45) is 2.96. The summed E-state index contributed by atoms with van der Waals surface area (Å²) in [5.41, 5.74) is 2.73. The van der Waals surface area contributed by atoms with E-state index in [0.717, 1.165) is 12.2 Å². The van der Waals surface area contributed by atoms with Crippen molar-refractivity contribution < 1.29 is 14.6 Å². The number of benzene rings is 1. The lowest BCUT2D eigenvalue weighted by atomic mass is 9.87. The molecular formula is C16H25NO3. The van der Waals surface area contributed by atoms with E-state index in [0.29, 0.717) is 19.3 Å². The van der Waals surface area contributed by atoms with Crippen molar-refractivity contribution in [2.45, 2.75) is 38.3 Å². The molecule has 0 radical (unpaired) electrons. The van der Waals surface area contributed by atoms with Gasteiger partial charge in [0.2, 0.25) is 0 Å². The predicted octanol–water partition coefficient (Wildman–Crippen LogP) is 2.06. The molecule has 0 amide bonds. The van der Waals surface area contributed by atoms with E-state index >= 15 is 0 Å². The Balaban J connectivity index is 1.96. The van der Waals surface area contributed by atoms with Gasteiger partial charge in [-0.15, -0.1) is 0 Å². The zero-order valence-electron chi connectivity index (χ0n) is 12.4. The van der Waals surface area contributed by atoms with Crippen molar-refractivity contribution in [3.63, 3.8) is 0 Å². The molecule has 0 saturated heterocycles. The van der Waals surface area contributed by atoms with E-state index in [-0.39, 0.29) is 6.61 Å². The zero-order chi connectivity index (χ0) is 14.4. The van der Waals surface area contributed by atoms with Crippen molar-refractivity contribution in [2.24, 2.45) is 0 Å². The Morgan fingerprint density at radius 1 is 1.40 bits per heavy atom. The minimum absolute atomic E-state index is 0.267. The highest BCUT2D eigenvalue weighted by Crippen LogP contribution is 2.32. The maximum atomic E-state index is 9.72. The van der Waals surface area contributed by atoms with E-state index in [2.05, 4.69) is 17.4 Å². The average molecular weight is 279 g/mol. The van der Waals surface area contributed by atoms with Crippen LogP contribution in [-0.2, 0) is 11.2 Å². The highest BCUT2D eigenvalue weighted by Gasteiger charge is 2.19. The van der Waals surface area contributed by atoms with Gasteiger partial charge in [-0.2, -0.15) is 0 Å². The number of fused-ring (bicyclic) bond motifs is 1. The average Bonchev–Trinajstić information content (AvgIpc) is 2.50. The second kappa shape index (κ2) is 7.62. The van der Waals surface area contributed by atoms with Crippen LogP contribution in [0, 0.1) is 0 Å². The van der Waals surface area contributed by atoms with Crippen LogP contribution >= 0.6 is 0 Å². The number of rotatable bonds is 7. The fourth-order valence-electron chi connectivity index (χ4n) is 2.66. The Morgan fingerprint density at radius 3 is 3.00 bits per heavy atom. The lowest BCUT2D eigenvalue weighted by molar-refractivity contribution is 0.0164. The zero-order valence-corrected chi connectivity index (χ0v) is 12.4. The van der Waals surface area contributed by atoms with Gasteiger partial charge < -0.3 is 19.9 Å². The number of hydrogen-bond acceptors (Lipinski definition) is 4. The largest absolute Gasteiger partial charge is 0.491 e. The van der Waals surface area contributed by atoms with Gasteiger partial charge in [0.15, 0.2) is 0 Å². The van der Waals surface area contributed by atoms with E-state index in [9.17, 15) is 5.11 Å². The van der Waals surface area contributed by atoms with Gasteiger partial charge in [0.25, 0.3) is 0 Å². The van der Waals surface area contributed by atoms with Crippen LogP contribution in [-0.4, -0.2) is 38.1 Å². The summed E-state index contributed by atoms with van der Waals surface area (Å²) in [6, 6.07) is 6.65. The second-order valence-electron chi connectivity index (χ2n) is 5.22. The lowest BCUT2D eigenvalue weighted by Gasteiger charge is -2.25. The fraction of sp³-hybridized carbons (Fsp3) is 0.625. The van der Waals surface area contributed by atoms with E-state index in [4.69, 9.17) is 9.47 Å². The molecular weight excluding hydrogens is 254 g/mol. The first-order chi connectivity index (χ1) is 9.74. The van der Waals surface area contributed by atoms with Crippen molar-refractivity contribution in [1.82, 2.24) is 5.32 Å². The molecule has 0 heterocycles. The quantitative estimate of drug-likeness (QED) is 0.802. The van der Waals surface area contributed by atoms with Gasteiger partial charge in [0, 0.05) is 12.6 Å². The van der Waals surface area contributed by atoms with Crippen molar-refractivity contribution in [3.05, 3.63) is 29.3 Å². The van der Waals surface area contributed by atoms with Crippen molar-refractivity contribution in [1.29, 1.82) is 0 Å². The number of hydrogen-bond donors (Lipinski definition) is 2. The third-order valence-corrected chi connectivity index (χ3v) is 3.74. The highest BCUT2D eigenvalue weighted by molar-refractivity contribution is 5.39. The molecule has 112 valence electrons. The Bertz CT molecular complexity index is 422. The SMILES string of the molecule is CCOCC(O)COc1ccc2c(c1)C(NC)CCC2. The summed E-state index contributed by atoms with van der Waals surface area (Å²) in [4.78, 5) is 0. The van der Waals surface area contributed by atoms with E-state index in [1.54, 1.807) is 0 Å². The maximum absolute atomic E-state index is 9.72. The minimum Gasteiger partial charge on any atom is -0.491 e. The summed E-state index contributed by atoms with van der Waals surface area (Å²) in [5.74, 6) is 0.821. The van der Waals surface area contributed by atoms with Gasteiger partial charge in [-0.3, -0.25) is 0 Å². The van der Waals surface area contributed by atoms with Crippen LogP contribution in [0.25, 0.3) is 0 Å². The number of aryl methyl sites for hydroxylation is 1. The Hall–Kier alpha value is -1.10. The van der Waals surface area contributed by atoms with Crippen LogP contribution in [0.2, 0.25) is 0 Å². The monoisotopic (exact) mass is 279 g/mol. The van der Waals surface area contributed by atoms with Gasteiger partial charge in [0.1, 0.15) is 18.5 Å². The van der Waals surface area contributed by atoms with Crippen LogP contribution in [0.5, 0.6) is 5.75 Å². The summed E-state index contributed by atoms with van der Waals surface area (Å²) in [7, 11) is 2.00. The molecule has 2 unspecified atom stereocenters. The van der Waals surface area contributed by atoms with Crippen LogP contribution in [0.3, 0.4) is 0 Å². The molecule has 0 aromatic heterocycles. The molecule has 2 N–H and O–H groups in total. The standard InChI is InChI=1S/C16H25NO3/c1-3-19-10-13(18)11-20-14-8-7-12-5-4-6-16(17-2)15(12)9-14/h7-9,13,16-18H,3-6,10-11H2,1-2H3. The molecule has 0 bridgehead atoms. The smallest absolute Gasteiger partial charge is 0.119 e. The fourth-order valence-corrected chi connectivity index (χ4v) is 2.66. The third kappa shape index (κ3) is 3.95. The van der Waals surface area contributed by atoms with Crippen molar-refractivity contribution >= 4 is 0 Å². The summed E-state index contributed by atoms with van der Waals surface area (Å²) < 4.78 is 10.8. The maximum Gasteiger partial charge on any atom is 0.119 e. The summed E-state index contributed by atoms with van der Waals surface area (Å²) in [6.45, 7) is 3.11. The molecule has 0 spiro atoms. The predicted molar refractivity (Wildman–Crippen MR) is 79.2 cm³/mol. The Labute approximate surface area is 121 Å². The molecule has 2 rings (SSSR count). The first-order valence-corrected chi connectivity index (χ1v) is 7.43. The lowest BCUT2D eigenvalue weighted by Crippen LogP contribution is -2.24. The van der Waals surface area contributed by atoms with Crippen molar-refractivity contribution in [3.8, 4) is 5.75 Å². The topological polar surface area (TPSA) is 50.7 Å². The second-order valence-corrected chi connectivity index (χ2v) is 5.22. The molecule has 1 aliphatic carbocycles. The molecule has 4 heteroatoms. The van der Waals surface area contributed by atoms with Crippen LogP contribution < -0.4 is 10.1 Å². The molecule has 1 aromatic carbocycles. The van der Waals surface area contributed by atoms with Crippen molar-refractivity contribution in [2.75, 3.05) is 26.9 Å². The Kier molecular flexibility index (Phi) is 5.83. The molecule has 20 heavy (non-hydrogen) atoms. The van der Waals surface area contributed by atoms with E-state index < -0.39 is 6.10 Å². The normalized spacial score (nSPS) is 19.4. The minimum atomic E-state index is -0.578. The molecule has 0 saturated carbocycles. The molecule has 0 aliphatic heterocycles. The molecule has 4 nitrogen and oxygen atoms in total. The first-order valence-electron chi connectivity index (χ1n) is 7.43. The number of ether oxygens (including phenoxy) is 2. The summed E-state index contributed by atoms with van der Waals surface area (Å²) in [5, 5.41) is 13.1. The first kappa shape index (κ1) is 15.3. The van der Waals surface area contributed by atoms with E-state index in [1.165, 1.54) is 24.0 Å². The van der Waals surface area contributed by atoms with E-state index in [1.807, 2.05) is 20.0 Å². The van der Waals surface area contributed by atoms with Crippen LogP contribution in [0.1, 0.15) is 36.9 Å². The van der Waals surface area contributed by atoms with Gasteiger partial charge in [-0.1, -0.05) is 6.07 Å². The third-order valence-electron chi connectivity index (χ3n) is 3.74. The molecule has 1 aliphatic rings. The number of aliphatic hydroxyl groups excluding tert-OH is 1. The van der Waals surface area contributed by atoms with Gasteiger partial charge in [0.05, 0.1) is 6.61 Å². The molecule has 1 aromatic rings. The number of aliphatic hydroxyl groups is 1. The van der Waals surface area contributed by atoms with Crippen LogP contribution in [0.4, 0.5) is 0 Å². The summed E-state index contributed by atoms with van der Waals surface area (Å²) >= 11 is 0. The molecule has 2 atom stereocenters. The number of nitrogens with one attached hydrogen (secondary N) is 1. The van der Waals surface area contributed by atoms with Crippen LogP contribution in [0.15, 0.2) is 18.2 Å². The Morgan fingerprint density at radius 2 is 2.25 bits per heavy atom.